The van der Waals surface area contributed by atoms with Gasteiger partial charge in [-0.25, -0.2) is 0 Å². The summed E-state index contributed by atoms with van der Waals surface area (Å²) in [5.41, 5.74) is 1.32. The second kappa shape index (κ2) is 4.08. The number of halogens is 2. The van der Waals surface area contributed by atoms with Gasteiger partial charge in [0.1, 0.15) is 0 Å². The third-order valence-electron chi connectivity index (χ3n) is 3.18. The van der Waals surface area contributed by atoms with E-state index in [0.717, 1.165) is 41.3 Å². The maximum atomic E-state index is 10.5. The van der Waals surface area contributed by atoms with Crippen LogP contribution in [0.1, 0.15) is 36.8 Å². The fourth-order valence-electron chi connectivity index (χ4n) is 2.24. The SMILES string of the molecule is Cc1cc(C2(O)CCCC2)c(Cl)cc1Br. The summed E-state index contributed by atoms with van der Waals surface area (Å²) >= 11 is 9.62. The van der Waals surface area contributed by atoms with Crippen molar-refractivity contribution in [3.8, 4) is 0 Å². The van der Waals surface area contributed by atoms with Crippen LogP contribution in [0.15, 0.2) is 16.6 Å². The van der Waals surface area contributed by atoms with Crippen LogP contribution in [0.5, 0.6) is 0 Å². The Balaban J connectivity index is 2.48. The standard InChI is InChI=1S/C12H14BrClO/c1-8-6-9(11(14)7-10(8)13)12(15)4-2-3-5-12/h6-7,15H,2-5H2,1H3. The van der Waals surface area contributed by atoms with Gasteiger partial charge in [0, 0.05) is 15.1 Å². The number of aliphatic hydroxyl groups is 1. The maximum Gasteiger partial charge on any atom is 0.0911 e. The second-order valence-electron chi connectivity index (χ2n) is 4.32. The lowest BCUT2D eigenvalue weighted by Crippen LogP contribution is -2.21. The smallest absolute Gasteiger partial charge is 0.0911 e. The molecule has 0 radical (unpaired) electrons. The van der Waals surface area contributed by atoms with Crippen molar-refractivity contribution in [2.24, 2.45) is 0 Å². The zero-order valence-corrected chi connectivity index (χ0v) is 11.0. The Kier molecular flexibility index (Phi) is 3.11. The Labute approximate surface area is 104 Å². The molecule has 0 bridgehead atoms. The predicted octanol–water partition coefficient (Wildman–Crippen LogP) is 4.17. The van der Waals surface area contributed by atoms with E-state index in [9.17, 15) is 5.11 Å². The monoisotopic (exact) mass is 288 g/mol. The molecule has 1 aromatic rings. The van der Waals surface area contributed by atoms with E-state index in [1.54, 1.807) is 0 Å². The van der Waals surface area contributed by atoms with E-state index in [4.69, 9.17) is 11.6 Å². The van der Waals surface area contributed by atoms with E-state index >= 15 is 0 Å². The zero-order chi connectivity index (χ0) is 11.1. The van der Waals surface area contributed by atoms with Gasteiger partial charge >= 0.3 is 0 Å². The van der Waals surface area contributed by atoms with Crippen LogP contribution < -0.4 is 0 Å². The average molecular weight is 290 g/mol. The summed E-state index contributed by atoms with van der Waals surface area (Å²) in [5, 5.41) is 11.1. The molecule has 0 unspecified atom stereocenters. The molecule has 0 heterocycles. The molecule has 1 aromatic carbocycles. The molecule has 15 heavy (non-hydrogen) atoms. The maximum absolute atomic E-state index is 10.5. The van der Waals surface area contributed by atoms with Crippen molar-refractivity contribution in [1.82, 2.24) is 0 Å². The van der Waals surface area contributed by atoms with Crippen LogP contribution in [0.3, 0.4) is 0 Å². The van der Waals surface area contributed by atoms with Gasteiger partial charge < -0.3 is 5.11 Å². The van der Waals surface area contributed by atoms with Gasteiger partial charge in [0.15, 0.2) is 0 Å². The van der Waals surface area contributed by atoms with Gasteiger partial charge in [0.25, 0.3) is 0 Å². The molecule has 1 saturated carbocycles. The molecular weight excluding hydrogens is 275 g/mol. The molecule has 2 rings (SSSR count). The third-order valence-corrected chi connectivity index (χ3v) is 4.35. The van der Waals surface area contributed by atoms with Crippen LogP contribution in [0.25, 0.3) is 0 Å². The highest BCUT2D eigenvalue weighted by Crippen LogP contribution is 2.42. The summed E-state index contributed by atoms with van der Waals surface area (Å²) in [4.78, 5) is 0. The number of hydrogen-bond donors (Lipinski definition) is 1. The highest BCUT2D eigenvalue weighted by Gasteiger charge is 2.34. The third kappa shape index (κ3) is 2.08. The zero-order valence-electron chi connectivity index (χ0n) is 8.69. The lowest BCUT2D eigenvalue weighted by molar-refractivity contribution is 0.0445. The minimum absolute atomic E-state index is 0.664. The molecule has 1 nitrogen and oxygen atoms in total. The van der Waals surface area contributed by atoms with E-state index in [-0.39, 0.29) is 0 Å². The Morgan fingerprint density at radius 1 is 1.33 bits per heavy atom. The first-order chi connectivity index (χ1) is 7.03. The number of hydrogen-bond acceptors (Lipinski definition) is 1. The van der Waals surface area contributed by atoms with Crippen molar-refractivity contribution in [2.75, 3.05) is 0 Å². The van der Waals surface area contributed by atoms with Crippen LogP contribution >= 0.6 is 27.5 Å². The van der Waals surface area contributed by atoms with Gasteiger partial charge in [-0.2, -0.15) is 0 Å². The fourth-order valence-corrected chi connectivity index (χ4v) is 3.06. The van der Waals surface area contributed by atoms with Crippen molar-refractivity contribution in [3.05, 3.63) is 32.8 Å². The van der Waals surface area contributed by atoms with Gasteiger partial charge in [-0.15, -0.1) is 0 Å². The van der Waals surface area contributed by atoms with Gasteiger partial charge in [-0.05, 0) is 31.4 Å². The van der Waals surface area contributed by atoms with E-state index in [2.05, 4.69) is 15.9 Å². The van der Waals surface area contributed by atoms with Crippen molar-refractivity contribution in [3.63, 3.8) is 0 Å². The largest absolute Gasteiger partial charge is 0.385 e. The first-order valence-corrected chi connectivity index (χ1v) is 6.38. The first-order valence-electron chi connectivity index (χ1n) is 5.21. The van der Waals surface area contributed by atoms with Crippen molar-refractivity contribution >= 4 is 27.5 Å². The topological polar surface area (TPSA) is 20.2 Å². The molecule has 1 aliphatic rings. The van der Waals surface area contributed by atoms with E-state index < -0.39 is 5.60 Å². The lowest BCUT2D eigenvalue weighted by atomic mass is 9.91. The second-order valence-corrected chi connectivity index (χ2v) is 5.58. The molecule has 82 valence electrons. The summed E-state index contributed by atoms with van der Waals surface area (Å²) in [6.45, 7) is 2.02. The molecule has 0 amide bonds. The van der Waals surface area contributed by atoms with Crippen molar-refractivity contribution < 1.29 is 5.11 Å². The first kappa shape index (κ1) is 11.4. The summed E-state index contributed by atoms with van der Waals surface area (Å²) in [7, 11) is 0. The highest BCUT2D eigenvalue weighted by molar-refractivity contribution is 9.10. The molecule has 0 atom stereocenters. The van der Waals surface area contributed by atoms with Crippen LogP contribution in [-0.4, -0.2) is 5.11 Å². The summed E-state index contributed by atoms with van der Waals surface area (Å²) in [6, 6.07) is 3.88. The Bertz CT molecular complexity index is 383. The molecule has 0 aliphatic heterocycles. The van der Waals surface area contributed by atoms with Crippen LogP contribution in [0.4, 0.5) is 0 Å². The van der Waals surface area contributed by atoms with E-state index in [1.165, 1.54) is 0 Å². The molecule has 1 aliphatic carbocycles. The molecule has 0 saturated heterocycles. The van der Waals surface area contributed by atoms with Crippen LogP contribution in [0.2, 0.25) is 5.02 Å². The van der Waals surface area contributed by atoms with Gasteiger partial charge in [0.05, 0.1) is 5.60 Å². The lowest BCUT2D eigenvalue weighted by Gasteiger charge is -2.24. The fraction of sp³-hybridized carbons (Fsp3) is 0.500. The van der Waals surface area contributed by atoms with E-state index in [1.807, 2.05) is 19.1 Å². The normalized spacial score (nSPS) is 19.5. The molecule has 3 heteroatoms. The average Bonchev–Trinajstić information content (AvgIpc) is 2.60. The number of benzene rings is 1. The number of rotatable bonds is 1. The van der Waals surface area contributed by atoms with E-state index in [0.29, 0.717) is 5.02 Å². The van der Waals surface area contributed by atoms with Gasteiger partial charge in [-0.3, -0.25) is 0 Å². The van der Waals surface area contributed by atoms with Gasteiger partial charge in [-0.1, -0.05) is 46.4 Å². The van der Waals surface area contributed by atoms with Crippen LogP contribution in [0, 0.1) is 6.92 Å². The minimum Gasteiger partial charge on any atom is -0.385 e. The van der Waals surface area contributed by atoms with Crippen molar-refractivity contribution in [1.29, 1.82) is 0 Å². The Morgan fingerprint density at radius 3 is 2.53 bits per heavy atom. The summed E-state index contributed by atoms with van der Waals surface area (Å²) in [5.74, 6) is 0. The van der Waals surface area contributed by atoms with Crippen molar-refractivity contribution in [2.45, 2.75) is 38.2 Å². The number of aryl methyl sites for hydroxylation is 1. The Hall–Kier alpha value is -0.0500. The molecule has 0 aromatic heterocycles. The minimum atomic E-state index is -0.692. The predicted molar refractivity (Wildman–Crippen MR) is 66.3 cm³/mol. The molecular formula is C12H14BrClO. The summed E-state index contributed by atoms with van der Waals surface area (Å²) in [6.07, 6.45) is 3.82. The molecule has 1 N–H and O–H groups in total. The quantitative estimate of drug-likeness (QED) is 0.822. The molecule has 1 fully saturated rings. The molecule has 0 spiro atoms. The Morgan fingerprint density at radius 2 is 1.93 bits per heavy atom. The van der Waals surface area contributed by atoms with Gasteiger partial charge in [0.2, 0.25) is 0 Å². The summed E-state index contributed by atoms with van der Waals surface area (Å²) < 4.78 is 0.998. The highest BCUT2D eigenvalue weighted by atomic mass is 79.9. The van der Waals surface area contributed by atoms with Crippen LogP contribution in [-0.2, 0) is 5.60 Å².